The van der Waals surface area contributed by atoms with Gasteiger partial charge >= 0.3 is 0 Å². The Hall–Kier alpha value is -0.980. The normalized spacial score (nSPS) is 12.1. The number of benzene rings is 1. The van der Waals surface area contributed by atoms with E-state index in [9.17, 15) is 0 Å². The van der Waals surface area contributed by atoms with Gasteiger partial charge in [0.05, 0.1) is 12.6 Å². The molecule has 0 amide bonds. The molecule has 1 N–H and O–H groups in total. The van der Waals surface area contributed by atoms with Gasteiger partial charge in [-0.05, 0) is 30.4 Å². The minimum absolute atomic E-state index is 0.241. The van der Waals surface area contributed by atoms with Gasteiger partial charge in [0.2, 0.25) is 0 Å². The van der Waals surface area contributed by atoms with Crippen molar-refractivity contribution in [2.24, 2.45) is 0 Å². The van der Waals surface area contributed by atoms with Crippen LogP contribution >= 0.6 is 11.8 Å². The summed E-state index contributed by atoms with van der Waals surface area (Å²) in [6.45, 7) is 4.61. The molecule has 0 spiro atoms. The van der Waals surface area contributed by atoms with Crippen molar-refractivity contribution in [2.45, 2.75) is 24.8 Å². The van der Waals surface area contributed by atoms with Crippen molar-refractivity contribution in [3.05, 3.63) is 29.8 Å². The molecule has 1 aromatic rings. The van der Waals surface area contributed by atoms with Crippen molar-refractivity contribution in [2.75, 3.05) is 12.3 Å². The van der Waals surface area contributed by atoms with Gasteiger partial charge in [-0.15, -0.1) is 11.8 Å². The standard InChI is InChI=1S/C12H16N2S/c1-3-15-12-6-4-11(5-7-12)10(2)14-9-8-13/h4-7,10,14H,3,9H2,1-2H3. The third-order valence-electron chi connectivity index (χ3n) is 2.18. The van der Waals surface area contributed by atoms with E-state index < -0.39 is 0 Å². The molecule has 1 unspecified atom stereocenters. The third-order valence-corrected chi connectivity index (χ3v) is 3.07. The van der Waals surface area contributed by atoms with Crippen LogP contribution in [0.4, 0.5) is 0 Å². The van der Waals surface area contributed by atoms with Crippen molar-refractivity contribution in [1.29, 1.82) is 5.26 Å². The minimum Gasteiger partial charge on any atom is -0.298 e. The lowest BCUT2D eigenvalue weighted by Crippen LogP contribution is -2.18. The van der Waals surface area contributed by atoms with Crippen LogP contribution in [0.25, 0.3) is 0 Å². The summed E-state index contributed by atoms with van der Waals surface area (Å²) in [4.78, 5) is 1.30. The van der Waals surface area contributed by atoms with Crippen LogP contribution in [0.3, 0.4) is 0 Å². The maximum absolute atomic E-state index is 8.46. The first-order chi connectivity index (χ1) is 7.27. The molecule has 0 heterocycles. The van der Waals surface area contributed by atoms with E-state index in [0.29, 0.717) is 6.54 Å². The van der Waals surface area contributed by atoms with Gasteiger partial charge in [0.15, 0.2) is 0 Å². The zero-order valence-electron chi connectivity index (χ0n) is 9.16. The molecule has 0 fully saturated rings. The average Bonchev–Trinajstić information content (AvgIpc) is 2.27. The summed E-state index contributed by atoms with van der Waals surface area (Å²) in [5.74, 6) is 1.10. The van der Waals surface area contributed by atoms with E-state index >= 15 is 0 Å². The Morgan fingerprint density at radius 3 is 2.60 bits per heavy atom. The van der Waals surface area contributed by atoms with Crippen molar-refractivity contribution in [3.8, 4) is 6.07 Å². The topological polar surface area (TPSA) is 35.8 Å². The summed E-state index contributed by atoms with van der Waals surface area (Å²) in [5, 5.41) is 11.6. The molecular formula is C12H16N2S. The van der Waals surface area contributed by atoms with Crippen LogP contribution in [0, 0.1) is 11.3 Å². The lowest BCUT2D eigenvalue weighted by atomic mass is 10.1. The van der Waals surface area contributed by atoms with Crippen LogP contribution in [0.1, 0.15) is 25.5 Å². The fourth-order valence-electron chi connectivity index (χ4n) is 1.34. The number of hydrogen-bond donors (Lipinski definition) is 1. The number of rotatable bonds is 5. The summed E-state index contributed by atoms with van der Waals surface area (Å²) < 4.78 is 0. The first kappa shape index (κ1) is 12.1. The first-order valence-electron chi connectivity index (χ1n) is 5.11. The van der Waals surface area contributed by atoms with Crippen LogP contribution in [-0.4, -0.2) is 12.3 Å². The summed E-state index contributed by atoms with van der Waals surface area (Å²) in [7, 11) is 0. The first-order valence-corrected chi connectivity index (χ1v) is 6.09. The Morgan fingerprint density at radius 2 is 2.07 bits per heavy atom. The highest BCUT2D eigenvalue weighted by Gasteiger charge is 2.03. The van der Waals surface area contributed by atoms with E-state index in [2.05, 4.69) is 49.5 Å². The number of nitriles is 1. The monoisotopic (exact) mass is 220 g/mol. The van der Waals surface area contributed by atoms with Crippen molar-refractivity contribution in [1.82, 2.24) is 5.32 Å². The Balaban J connectivity index is 2.59. The zero-order chi connectivity index (χ0) is 11.1. The highest BCUT2D eigenvalue weighted by molar-refractivity contribution is 7.99. The second kappa shape index (κ2) is 6.49. The summed E-state index contributed by atoms with van der Waals surface area (Å²) in [6.07, 6.45) is 0. The second-order valence-electron chi connectivity index (χ2n) is 3.26. The molecule has 0 aliphatic heterocycles. The van der Waals surface area contributed by atoms with E-state index in [-0.39, 0.29) is 6.04 Å². The van der Waals surface area contributed by atoms with Crippen LogP contribution < -0.4 is 5.32 Å². The molecule has 0 aliphatic carbocycles. The van der Waals surface area contributed by atoms with Gasteiger partial charge in [-0.2, -0.15) is 5.26 Å². The molecule has 1 aromatic carbocycles. The number of thioether (sulfide) groups is 1. The molecule has 0 bridgehead atoms. The van der Waals surface area contributed by atoms with Crippen molar-refractivity contribution < 1.29 is 0 Å². The molecule has 2 nitrogen and oxygen atoms in total. The van der Waals surface area contributed by atoms with Gasteiger partial charge in [0, 0.05) is 10.9 Å². The smallest absolute Gasteiger partial charge is 0.0845 e. The molecular weight excluding hydrogens is 204 g/mol. The second-order valence-corrected chi connectivity index (χ2v) is 4.60. The van der Waals surface area contributed by atoms with E-state index in [4.69, 9.17) is 5.26 Å². The zero-order valence-corrected chi connectivity index (χ0v) is 9.97. The van der Waals surface area contributed by atoms with Crippen LogP contribution in [-0.2, 0) is 0 Å². The van der Waals surface area contributed by atoms with Crippen LogP contribution in [0.5, 0.6) is 0 Å². The SMILES string of the molecule is CCSc1ccc(C(C)NCC#N)cc1. The van der Waals surface area contributed by atoms with Gasteiger partial charge in [0.25, 0.3) is 0 Å². The highest BCUT2D eigenvalue weighted by atomic mass is 32.2. The molecule has 1 rings (SSSR count). The highest BCUT2D eigenvalue weighted by Crippen LogP contribution is 2.20. The summed E-state index contributed by atoms with van der Waals surface area (Å²) >= 11 is 1.84. The summed E-state index contributed by atoms with van der Waals surface area (Å²) in [6, 6.07) is 10.8. The van der Waals surface area contributed by atoms with E-state index in [1.807, 2.05) is 11.8 Å². The van der Waals surface area contributed by atoms with Gasteiger partial charge in [-0.25, -0.2) is 0 Å². The predicted octanol–water partition coefficient (Wildman–Crippen LogP) is 2.97. The van der Waals surface area contributed by atoms with Crippen molar-refractivity contribution >= 4 is 11.8 Å². The van der Waals surface area contributed by atoms with Gasteiger partial charge in [-0.3, -0.25) is 5.32 Å². The summed E-state index contributed by atoms with van der Waals surface area (Å²) in [5.41, 5.74) is 1.23. The van der Waals surface area contributed by atoms with E-state index in [0.717, 1.165) is 5.75 Å². The molecule has 0 aromatic heterocycles. The largest absolute Gasteiger partial charge is 0.298 e. The molecule has 15 heavy (non-hydrogen) atoms. The van der Waals surface area contributed by atoms with Gasteiger partial charge in [0.1, 0.15) is 0 Å². The quantitative estimate of drug-likeness (QED) is 0.612. The maximum Gasteiger partial charge on any atom is 0.0845 e. The van der Waals surface area contributed by atoms with E-state index in [1.54, 1.807) is 0 Å². The Kier molecular flexibility index (Phi) is 5.23. The van der Waals surface area contributed by atoms with E-state index in [1.165, 1.54) is 10.5 Å². The van der Waals surface area contributed by atoms with Crippen LogP contribution in [0.2, 0.25) is 0 Å². The maximum atomic E-state index is 8.46. The molecule has 0 saturated heterocycles. The lowest BCUT2D eigenvalue weighted by Gasteiger charge is -2.12. The molecule has 80 valence electrons. The Labute approximate surface area is 95.7 Å². The Bertz CT molecular complexity index is 326. The fraction of sp³-hybridized carbons (Fsp3) is 0.417. The third kappa shape index (κ3) is 3.94. The predicted molar refractivity (Wildman–Crippen MR) is 64.9 cm³/mol. The Morgan fingerprint density at radius 1 is 1.40 bits per heavy atom. The molecule has 1 atom stereocenters. The van der Waals surface area contributed by atoms with Gasteiger partial charge < -0.3 is 0 Å². The lowest BCUT2D eigenvalue weighted by molar-refractivity contribution is 0.620. The minimum atomic E-state index is 0.241. The average molecular weight is 220 g/mol. The fourth-order valence-corrected chi connectivity index (χ4v) is 2.00. The molecule has 3 heteroatoms. The molecule has 0 aliphatic rings. The number of nitrogens with zero attached hydrogens (tertiary/aromatic N) is 1. The number of nitrogens with one attached hydrogen (secondary N) is 1. The number of hydrogen-bond acceptors (Lipinski definition) is 3. The van der Waals surface area contributed by atoms with Gasteiger partial charge in [-0.1, -0.05) is 19.1 Å². The van der Waals surface area contributed by atoms with Crippen molar-refractivity contribution in [3.63, 3.8) is 0 Å². The molecule has 0 radical (unpaired) electrons. The molecule has 0 saturated carbocycles. The van der Waals surface area contributed by atoms with Crippen LogP contribution in [0.15, 0.2) is 29.2 Å².